The maximum Gasteiger partial charge on any atom is 0.342 e. The lowest BCUT2D eigenvalue weighted by molar-refractivity contribution is 0.0466. The zero-order valence-electron chi connectivity index (χ0n) is 14.0. The highest BCUT2D eigenvalue weighted by molar-refractivity contribution is 5.94. The minimum Gasteiger partial charge on any atom is -0.507 e. The smallest absolute Gasteiger partial charge is 0.342 e. The van der Waals surface area contributed by atoms with Gasteiger partial charge in [0.1, 0.15) is 23.7 Å². The summed E-state index contributed by atoms with van der Waals surface area (Å²) in [4.78, 5) is 23.7. The molecule has 0 aliphatic rings. The molecule has 0 spiro atoms. The average molecular weight is 328 g/mol. The molecule has 0 amide bonds. The number of hydrogen-bond donors (Lipinski definition) is 1. The molecule has 0 aromatic heterocycles. The van der Waals surface area contributed by atoms with Gasteiger partial charge in [-0.2, -0.15) is 0 Å². The highest BCUT2D eigenvalue weighted by Gasteiger charge is 2.15. The molecule has 126 valence electrons. The first-order chi connectivity index (χ1) is 11.4. The molecule has 2 aromatic carbocycles. The second kappa shape index (κ2) is 7.64. The minimum atomic E-state index is -0.636. The van der Waals surface area contributed by atoms with Crippen molar-refractivity contribution in [3.63, 3.8) is 0 Å². The molecular formula is C19H20O5. The predicted molar refractivity (Wildman–Crippen MR) is 89.6 cm³/mol. The molecule has 0 fully saturated rings. The van der Waals surface area contributed by atoms with Crippen molar-refractivity contribution in [1.29, 1.82) is 0 Å². The highest BCUT2D eigenvalue weighted by Crippen LogP contribution is 2.24. The molecule has 5 heteroatoms. The third-order valence-electron chi connectivity index (χ3n) is 3.50. The van der Waals surface area contributed by atoms with Crippen LogP contribution in [0.4, 0.5) is 0 Å². The van der Waals surface area contributed by atoms with E-state index in [0.717, 1.165) is 5.56 Å². The molecule has 0 unspecified atom stereocenters. The lowest BCUT2D eigenvalue weighted by Gasteiger charge is -2.12. The van der Waals surface area contributed by atoms with Crippen LogP contribution in [0.1, 0.15) is 45.7 Å². The quantitative estimate of drug-likeness (QED) is 0.647. The fourth-order valence-electron chi connectivity index (χ4n) is 2.24. The Kier molecular flexibility index (Phi) is 5.58. The molecule has 0 radical (unpaired) electrons. The molecule has 2 rings (SSSR count). The second-order valence-corrected chi connectivity index (χ2v) is 5.41. The van der Waals surface area contributed by atoms with Gasteiger partial charge in [0.2, 0.25) is 0 Å². The van der Waals surface area contributed by atoms with Crippen molar-refractivity contribution in [3.8, 4) is 11.5 Å². The van der Waals surface area contributed by atoms with Crippen LogP contribution in [0.5, 0.6) is 11.5 Å². The van der Waals surface area contributed by atoms with Gasteiger partial charge < -0.3 is 14.6 Å². The normalized spacial score (nSPS) is 10.3. The summed E-state index contributed by atoms with van der Waals surface area (Å²) in [5, 5.41) is 9.84. The van der Waals surface area contributed by atoms with Gasteiger partial charge >= 0.3 is 5.97 Å². The third kappa shape index (κ3) is 4.13. The molecule has 0 heterocycles. The average Bonchev–Trinajstić information content (AvgIpc) is 2.53. The zero-order chi connectivity index (χ0) is 17.7. The van der Waals surface area contributed by atoms with Crippen LogP contribution >= 0.6 is 0 Å². The lowest BCUT2D eigenvalue weighted by Crippen LogP contribution is -2.08. The molecule has 0 atom stereocenters. The van der Waals surface area contributed by atoms with Crippen LogP contribution < -0.4 is 4.74 Å². The van der Waals surface area contributed by atoms with E-state index in [0.29, 0.717) is 23.5 Å². The summed E-state index contributed by atoms with van der Waals surface area (Å²) in [6, 6.07) is 9.74. The number of ether oxygens (including phenoxy) is 2. The number of Topliss-reactive ketones (excluding diaryl/α,β-unsaturated/α-hetero) is 1. The number of carbonyl (C=O) groups excluding carboxylic acids is 2. The topological polar surface area (TPSA) is 72.8 Å². The van der Waals surface area contributed by atoms with Crippen molar-refractivity contribution in [2.45, 2.75) is 27.4 Å². The van der Waals surface area contributed by atoms with Crippen LogP contribution in [0.2, 0.25) is 0 Å². The molecule has 2 aromatic rings. The Morgan fingerprint density at radius 3 is 2.50 bits per heavy atom. The Morgan fingerprint density at radius 2 is 1.88 bits per heavy atom. The van der Waals surface area contributed by atoms with Crippen LogP contribution in [-0.2, 0) is 11.3 Å². The molecule has 5 nitrogen and oxygen atoms in total. The summed E-state index contributed by atoms with van der Waals surface area (Å²) in [5.74, 6) is -0.282. The number of ketones is 1. The van der Waals surface area contributed by atoms with Gasteiger partial charge in [-0.05, 0) is 56.7 Å². The standard InChI is InChI=1S/C19H20O5/c1-4-23-18-8-6-14(13(3)20)10-15(18)11-24-19(22)16-7-5-12(2)9-17(16)21/h5-10,21H,4,11H2,1-3H3. The summed E-state index contributed by atoms with van der Waals surface area (Å²) in [5.41, 5.74) is 2.06. The number of phenolic OH excluding ortho intramolecular Hbond substituents is 1. The number of phenols is 1. The van der Waals surface area contributed by atoms with Crippen molar-refractivity contribution < 1.29 is 24.2 Å². The first-order valence-electron chi connectivity index (χ1n) is 7.65. The third-order valence-corrected chi connectivity index (χ3v) is 3.50. The first-order valence-corrected chi connectivity index (χ1v) is 7.65. The Bertz CT molecular complexity index is 764. The van der Waals surface area contributed by atoms with Crippen molar-refractivity contribution in [3.05, 3.63) is 58.7 Å². The summed E-state index contributed by atoms with van der Waals surface area (Å²) in [6.45, 7) is 5.53. The van der Waals surface area contributed by atoms with Crippen LogP contribution in [0.3, 0.4) is 0 Å². The van der Waals surface area contributed by atoms with E-state index in [1.807, 2.05) is 13.8 Å². The van der Waals surface area contributed by atoms with Crippen molar-refractivity contribution in [1.82, 2.24) is 0 Å². The maximum absolute atomic E-state index is 12.1. The minimum absolute atomic E-state index is 0.0530. The second-order valence-electron chi connectivity index (χ2n) is 5.41. The number of hydrogen-bond acceptors (Lipinski definition) is 5. The number of carbonyl (C=O) groups is 2. The van der Waals surface area contributed by atoms with Gasteiger partial charge in [0.15, 0.2) is 5.78 Å². The van der Waals surface area contributed by atoms with E-state index in [-0.39, 0.29) is 23.7 Å². The predicted octanol–water partition coefficient (Wildman–Crippen LogP) is 3.66. The van der Waals surface area contributed by atoms with Gasteiger partial charge in [0, 0.05) is 11.1 Å². The summed E-state index contributed by atoms with van der Waals surface area (Å²) in [6.07, 6.45) is 0. The van der Waals surface area contributed by atoms with Gasteiger partial charge in [-0.15, -0.1) is 0 Å². The molecule has 0 aliphatic carbocycles. The number of aryl methyl sites for hydroxylation is 1. The van der Waals surface area contributed by atoms with Crippen LogP contribution in [0.25, 0.3) is 0 Å². The number of benzene rings is 2. The number of rotatable bonds is 6. The molecule has 24 heavy (non-hydrogen) atoms. The maximum atomic E-state index is 12.1. The van der Waals surface area contributed by atoms with Gasteiger partial charge in [0.05, 0.1) is 6.61 Å². The zero-order valence-corrected chi connectivity index (χ0v) is 14.0. The molecule has 0 saturated carbocycles. The van der Waals surface area contributed by atoms with Crippen LogP contribution in [0.15, 0.2) is 36.4 Å². The van der Waals surface area contributed by atoms with Gasteiger partial charge in [-0.25, -0.2) is 4.79 Å². The van der Waals surface area contributed by atoms with Gasteiger partial charge in [0.25, 0.3) is 0 Å². The summed E-state index contributed by atoms with van der Waals surface area (Å²) >= 11 is 0. The van der Waals surface area contributed by atoms with E-state index in [9.17, 15) is 14.7 Å². The molecule has 0 bridgehead atoms. The Hall–Kier alpha value is -2.82. The monoisotopic (exact) mass is 328 g/mol. The molecule has 0 saturated heterocycles. The molecular weight excluding hydrogens is 308 g/mol. The number of aromatic hydroxyl groups is 1. The lowest BCUT2D eigenvalue weighted by atomic mass is 10.1. The van der Waals surface area contributed by atoms with Gasteiger partial charge in [-0.1, -0.05) is 6.07 Å². The Morgan fingerprint density at radius 1 is 1.12 bits per heavy atom. The Labute approximate surface area is 140 Å². The van der Waals surface area contributed by atoms with Crippen molar-refractivity contribution in [2.75, 3.05) is 6.61 Å². The SMILES string of the molecule is CCOc1ccc(C(C)=O)cc1COC(=O)c1ccc(C)cc1O. The number of esters is 1. The van der Waals surface area contributed by atoms with Crippen LogP contribution in [-0.4, -0.2) is 23.5 Å². The van der Waals surface area contributed by atoms with E-state index in [4.69, 9.17) is 9.47 Å². The van der Waals surface area contributed by atoms with Crippen molar-refractivity contribution >= 4 is 11.8 Å². The first kappa shape index (κ1) is 17.5. The van der Waals surface area contributed by atoms with E-state index in [1.54, 1.807) is 24.3 Å². The highest BCUT2D eigenvalue weighted by atomic mass is 16.5. The summed E-state index contributed by atoms with van der Waals surface area (Å²) in [7, 11) is 0. The van der Waals surface area contributed by atoms with E-state index in [2.05, 4.69) is 0 Å². The van der Waals surface area contributed by atoms with Crippen LogP contribution in [0, 0.1) is 6.92 Å². The van der Waals surface area contributed by atoms with Gasteiger partial charge in [-0.3, -0.25) is 4.79 Å². The summed E-state index contributed by atoms with van der Waals surface area (Å²) < 4.78 is 10.8. The molecule has 1 N–H and O–H groups in total. The van der Waals surface area contributed by atoms with E-state index in [1.165, 1.54) is 19.1 Å². The fraction of sp³-hybridized carbons (Fsp3) is 0.263. The Balaban J connectivity index is 2.19. The molecule has 0 aliphatic heterocycles. The fourth-order valence-corrected chi connectivity index (χ4v) is 2.24. The van der Waals surface area contributed by atoms with E-state index < -0.39 is 5.97 Å². The van der Waals surface area contributed by atoms with E-state index >= 15 is 0 Å². The largest absolute Gasteiger partial charge is 0.507 e. The van der Waals surface area contributed by atoms with Crippen molar-refractivity contribution in [2.24, 2.45) is 0 Å².